The van der Waals surface area contributed by atoms with E-state index in [9.17, 15) is 9.18 Å². The number of para-hydroxylation sites is 1. The Hall–Kier alpha value is -3.21. The highest BCUT2D eigenvalue weighted by Crippen LogP contribution is 2.28. The number of rotatable bonds is 4. The van der Waals surface area contributed by atoms with Gasteiger partial charge in [0.25, 0.3) is 0 Å². The zero-order valence-corrected chi connectivity index (χ0v) is 14.7. The second-order valence-corrected chi connectivity index (χ2v) is 6.10. The number of carbonyl (C=O) groups excluding carboxylic acids is 1. The lowest BCUT2D eigenvalue weighted by atomic mass is 9.99. The van der Waals surface area contributed by atoms with E-state index in [1.165, 1.54) is 12.1 Å². The molecule has 1 atom stereocenters. The molecule has 0 aliphatic rings. The number of urea groups is 1. The zero-order chi connectivity index (χ0) is 18.5. The number of hydrogen-bond acceptors (Lipinski definition) is 2. The van der Waals surface area contributed by atoms with Crippen molar-refractivity contribution in [2.24, 2.45) is 0 Å². The van der Waals surface area contributed by atoms with Gasteiger partial charge in [0.15, 0.2) is 0 Å². The van der Waals surface area contributed by atoms with Crippen molar-refractivity contribution in [2.75, 3.05) is 12.4 Å². The minimum absolute atomic E-state index is 0.252. The molecular formula is C21H20FN3O. The molecule has 1 unspecified atom stereocenters. The number of hydrogen-bond donors (Lipinski definition) is 1. The van der Waals surface area contributed by atoms with Crippen LogP contribution in [-0.4, -0.2) is 23.0 Å². The second-order valence-electron chi connectivity index (χ2n) is 6.10. The molecule has 0 bridgehead atoms. The molecule has 0 aliphatic heterocycles. The van der Waals surface area contributed by atoms with Gasteiger partial charge in [-0.15, -0.1) is 0 Å². The molecule has 0 spiro atoms. The van der Waals surface area contributed by atoms with E-state index in [-0.39, 0.29) is 17.9 Å². The van der Waals surface area contributed by atoms with Crippen LogP contribution in [0.2, 0.25) is 0 Å². The fraction of sp³-hybridized carbons (Fsp3) is 0.143. The van der Waals surface area contributed by atoms with E-state index in [0.717, 1.165) is 22.4 Å². The monoisotopic (exact) mass is 349 g/mol. The summed E-state index contributed by atoms with van der Waals surface area (Å²) in [6.07, 6.45) is 3.39. The van der Waals surface area contributed by atoms with Gasteiger partial charge < -0.3 is 10.2 Å². The highest BCUT2D eigenvalue weighted by atomic mass is 19.1. The fourth-order valence-electron chi connectivity index (χ4n) is 2.86. The smallest absolute Gasteiger partial charge is 0.316 e. The topological polar surface area (TPSA) is 45.2 Å². The molecule has 3 aromatic rings. The number of amides is 2. The molecular weight excluding hydrogens is 329 g/mol. The lowest BCUT2D eigenvalue weighted by Gasteiger charge is -2.29. The molecule has 3 rings (SSSR count). The van der Waals surface area contributed by atoms with Gasteiger partial charge in [-0.25, -0.2) is 9.18 Å². The third kappa shape index (κ3) is 3.88. The standard InChI is InChI=1S/C21H20FN3O/c1-15-6-3-4-8-19(15)24-21(26)25(2)20(17-7-5-13-23-14-17)16-9-11-18(22)12-10-16/h3-14,20H,1-2H3,(H,24,26). The number of carbonyl (C=O) groups is 1. The van der Waals surface area contributed by atoms with E-state index < -0.39 is 0 Å². The molecule has 0 saturated heterocycles. The summed E-state index contributed by atoms with van der Waals surface area (Å²) in [7, 11) is 1.72. The van der Waals surface area contributed by atoms with Crippen LogP contribution in [0, 0.1) is 12.7 Å². The van der Waals surface area contributed by atoms with E-state index in [1.807, 2.05) is 43.3 Å². The van der Waals surface area contributed by atoms with E-state index in [2.05, 4.69) is 10.3 Å². The molecule has 1 aromatic heterocycles. The molecule has 1 N–H and O–H groups in total. The maximum Gasteiger partial charge on any atom is 0.322 e. The predicted molar refractivity (Wildman–Crippen MR) is 100 cm³/mol. The molecule has 0 radical (unpaired) electrons. The SMILES string of the molecule is Cc1ccccc1NC(=O)N(C)C(c1ccc(F)cc1)c1cccnc1. The molecule has 0 aliphatic carbocycles. The first-order valence-corrected chi connectivity index (χ1v) is 8.31. The van der Waals surface area contributed by atoms with E-state index >= 15 is 0 Å². The summed E-state index contributed by atoms with van der Waals surface area (Å²) in [6, 6.07) is 16.8. The number of benzene rings is 2. The van der Waals surface area contributed by atoms with Crippen molar-refractivity contribution < 1.29 is 9.18 Å². The molecule has 5 heteroatoms. The minimum atomic E-state index is -0.381. The van der Waals surface area contributed by atoms with Crippen LogP contribution in [0.15, 0.2) is 73.1 Å². The summed E-state index contributed by atoms with van der Waals surface area (Å²) in [5, 5.41) is 2.93. The predicted octanol–water partition coefficient (Wildman–Crippen LogP) is 4.78. The van der Waals surface area contributed by atoms with Crippen molar-refractivity contribution in [3.8, 4) is 0 Å². The van der Waals surface area contributed by atoms with Crippen molar-refractivity contribution >= 4 is 11.7 Å². The Labute approximate surface area is 152 Å². The molecule has 0 saturated carbocycles. The zero-order valence-electron chi connectivity index (χ0n) is 14.7. The van der Waals surface area contributed by atoms with Crippen LogP contribution in [0.4, 0.5) is 14.9 Å². The van der Waals surface area contributed by atoms with Crippen molar-refractivity contribution in [1.29, 1.82) is 0 Å². The molecule has 2 amide bonds. The first kappa shape index (κ1) is 17.6. The Balaban J connectivity index is 1.92. The van der Waals surface area contributed by atoms with Gasteiger partial charge in [-0.05, 0) is 47.9 Å². The van der Waals surface area contributed by atoms with Crippen LogP contribution in [-0.2, 0) is 0 Å². The van der Waals surface area contributed by atoms with Crippen LogP contribution < -0.4 is 5.32 Å². The Bertz CT molecular complexity index is 881. The van der Waals surface area contributed by atoms with Crippen molar-refractivity contribution in [1.82, 2.24) is 9.88 Å². The Morgan fingerprint density at radius 2 is 1.77 bits per heavy atom. The van der Waals surface area contributed by atoms with Crippen molar-refractivity contribution in [3.63, 3.8) is 0 Å². The molecule has 2 aromatic carbocycles. The molecule has 0 fully saturated rings. The summed E-state index contributed by atoms with van der Waals surface area (Å²) >= 11 is 0. The molecule has 132 valence electrons. The number of aryl methyl sites for hydroxylation is 1. The van der Waals surface area contributed by atoms with Gasteiger partial charge in [-0.3, -0.25) is 4.98 Å². The van der Waals surface area contributed by atoms with Crippen molar-refractivity contribution in [2.45, 2.75) is 13.0 Å². The van der Waals surface area contributed by atoms with Gasteiger partial charge in [0.05, 0.1) is 6.04 Å². The molecule has 26 heavy (non-hydrogen) atoms. The van der Waals surface area contributed by atoms with E-state index in [0.29, 0.717) is 0 Å². The number of nitrogens with one attached hydrogen (secondary N) is 1. The normalized spacial score (nSPS) is 11.7. The average Bonchev–Trinajstić information content (AvgIpc) is 2.66. The third-order valence-corrected chi connectivity index (χ3v) is 4.28. The van der Waals surface area contributed by atoms with Gasteiger partial charge in [0.2, 0.25) is 0 Å². The summed E-state index contributed by atoms with van der Waals surface area (Å²) < 4.78 is 13.3. The van der Waals surface area contributed by atoms with Gasteiger partial charge in [0.1, 0.15) is 5.82 Å². The number of halogens is 1. The van der Waals surface area contributed by atoms with Crippen LogP contribution >= 0.6 is 0 Å². The highest BCUT2D eigenvalue weighted by Gasteiger charge is 2.24. The van der Waals surface area contributed by atoms with Crippen LogP contribution in [0.1, 0.15) is 22.7 Å². The number of nitrogens with zero attached hydrogens (tertiary/aromatic N) is 2. The van der Waals surface area contributed by atoms with Gasteiger partial charge >= 0.3 is 6.03 Å². The minimum Gasteiger partial charge on any atom is -0.316 e. The first-order chi connectivity index (χ1) is 12.6. The lowest BCUT2D eigenvalue weighted by Crippen LogP contribution is -2.35. The molecule has 4 nitrogen and oxygen atoms in total. The summed E-state index contributed by atoms with van der Waals surface area (Å²) in [6.45, 7) is 1.94. The average molecular weight is 349 g/mol. The Kier molecular flexibility index (Phi) is 5.27. The maximum absolute atomic E-state index is 13.3. The number of aromatic nitrogens is 1. The van der Waals surface area contributed by atoms with Crippen LogP contribution in [0.25, 0.3) is 0 Å². The van der Waals surface area contributed by atoms with Crippen molar-refractivity contribution in [3.05, 3.63) is 95.6 Å². The van der Waals surface area contributed by atoms with Crippen LogP contribution in [0.5, 0.6) is 0 Å². The Morgan fingerprint density at radius 3 is 2.42 bits per heavy atom. The third-order valence-electron chi connectivity index (χ3n) is 4.28. The largest absolute Gasteiger partial charge is 0.322 e. The van der Waals surface area contributed by atoms with Gasteiger partial charge in [0, 0.05) is 25.1 Å². The van der Waals surface area contributed by atoms with Crippen LogP contribution in [0.3, 0.4) is 0 Å². The summed E-state index contributed by atoms with van der Waals surface area (Å²) in [5.41, 5.74) is 3.39. The summed E-state index contributed by atoms with van der Waals surface area (Å²) in [4.78, 5) is 18.6. The van der Waals surface area contributed by atoms with Gasteiger partial charge in [-0.2, -0.15) is 0 Å². The summed E-state index contributed by atoms with van der Waals surface area (Å²) in [5.74, 6) is -0.314. The lowest BCUT2D eigenvalue weighted by molar-refractivity contribution is 0.212. The Morgan fingerprint density at radius 1 is 1.04 bits per heavy atom. The number of anilines is 1. The second kappa shape index (κ2) is 7.78. The molecule has 1 heterocycles. The highest BCUT2D eigenvalue weighted by molar-refractivity contribution is 5.90. The fourth-order valence-corrected chi connectivity index (χ4v) is 2.86. The van der Waals surface area contributed by atoms with E-state index in [1.54, 1.807) is 36.5 Å². The first-order valence-electron chi connectivity index (χ1n) is 8.31. The maximum atomic E-state index is 13.3. The van der Waals surface area contributed by atoms with E-state index in [4.69, 9.17) is 0 Å². The van der Waals surface area contributed by atoms with Gasteiger partial charge in [-0.1, -0.05) is 36.4 Å². The quantitative estimate of drug-likeness (QED) is 0.736. The number of pyridine rings is 1.